The molecular weight excluding hydrogens is 434 g/mol. The van der Waals surface area contributed by atoms with Crippen molar-refractivity contribution >= 4 is 15.5 Å². The number of likely N-dealkylation sites (tertiary alicyclic amines) is 1. The summed E-state index contributed by atoms with van der Waals surface area (Å²) in [6, 6.07) is 19.4. The molecule has 0 spiro atoms. The van der Waals surface area contributed by atoms with Crippen LogP contribution in [-0.4, -0.2) is 51.6 Å². The molecule has 1 saturated heterocycles. The maximum atomic E-state index is 11.9. The summed E-state index contributed by atoms with van der Waals surface area (Å²) in [5.74, 6) is 0.915. The Labute approximate surface area is 197 Å². The van der Waals surface area contributed by atoms with Crippen molar-refractivity contribution in [3.63, 3.8) is 0 Å². The first kappa shape index (κ1) is 24.8. The van der Waals surface area contributed by atoms with Crippen molar-refractivity contribution in [1.29, 1.82) is 5.26 Å². The van der Waals surface area contributed by atoms with Gasteiger partial charge in [0.2, 0.25) is 0 Å². The molecule has 0 radical (unpaired) electrons. The molecule has 0 bridgehead atoms. The molecule has 7 heteroatoms. The molecule has 6 nitrogen and oxygen atoms in total. The van der Waals surface area contributed by atoms with E-state index in [0.29, 0.717) is 18.7 Å². The Kier molecular flexibility index (Phi) is 8.49. The lowest BCUT2D eigenvalue weighted by molar-refractivity contribution is 0.138. The summed E-state index contributed by atoms with van der Waals surface area (Å²) < 4.78 is 29.6. The van der Waals surface area contributed by atoms with Crippen LogP contribution < -0.4 is 4.74 Å². The zero-order valence-electron chi connectivity index (χ0n) is 19.1. The molecule has 1 atom stereocenters. The van der Waals surface area contributed by atoms with Gasteiger partial charge in [-0.15, -0.1) is 0 Å². The van der Waals surface area contributed by atoms with Gasteiger partial charge in [-0.1, -0.05) is 42.5 Å². The van der Waals surface area contributed by atoms with E-state index in [4.69, 9.17) is 11.3 Å². The Morgan fingerprint density at radius 2 is 1.82 bits per heavy atom. The van der Waals surface area contributed by atoms with Crippen LogP contribution in [-0.2, 0) is 15.3 Å². The Morgan fingerprint density at radius 3 is 2.39 bits per heavy atom. The predicted molar refractivity (Wildman–Crippen MR) is 130 cm³/mol. The van der Waals surface area contributed by atoms with Gasteiger partial charge in [-0.05, 0) is 62.4 Å². The van der Waals surface area contributed by atoms with Gasteiger partial charge in [0.25, 0.3) is 0 Å². The van der Waals surface area contributed by atoms with Gasteiger partial charge in [-0.25, -0.2) is 13.3 Å². The van der Waals surface area contributed by atoms with Gasteiger partial charge in [0.15, 0.2) is 5.69 Å². The van der Waals surface area contributed by atoms with E-state index >= 15 is 0 Å². The molecule has 2 aromatic rings. The summed E-state index contributed by atoms with van der Waals surface area (Å²) in [6.07, 6.45) is 4.20. The normalized spacial score (nSPS) is 16.9. The van der Waals surface area contributed by atoms with Crippen LogP contribution in [0, 0.1) is 23.8 Å². The molecule has 1 fully saturated rings. The second-order valence-corrected chi connectivity index (χ2v) is 11.0. The standard InChI is InChI=1S/C26H31N3O3S/c1-28-24-9-11-25(12-10-24)32-19-6-16-29-17-13-23(14-18-29)26(21-27,15-20-33(2,30)31)22-7-4-3-5-8-22/h3-5,7-12,23H,6,13-20H2,2H3. The van der Waals surface area contributed by atoms with Crippen LogP contribution in [0.1, 0.15) is 31.2 Å². The van der Waals surface area contributed by atoms with Crippen molar-refractivity contribution < 1.29 is 13.2 Å². The number of nitrogens with zero attached hydrogens (tertiary/aromatic N) is 3. The Bertz CT molecular complexity index is 1080. The number of sulfone groups is 1. The van der Waals surface area contributed by atoms with Crippen LogP contribution >= 0.6 is 0 Å². The Hall–Kier alpha value is -2.87. The Morgan fingerprint density at radius 1 is 1.15 bits per heavy atom. The second-order valence-electron chi connectivity index (χ2n) is 8.75. The molecule has 1 aliphatic heterocycles. The molecule has 0 saturated carbocycles. The van der Waals surface area contributed by atoms with Crippen molar-refractivity contribution in [1.82, 2.24) is 4.90 Å². The summed E-state index contributed by atoms with van der Waals surface area (Å²) >= 11 is 0. The minimum absolute atomic E-state index is 0.0177. The second kappa shape index (κ2) is 11.3. The molecule has 33 heavy (non-hydrogen) atoms. The summed E-state index contributed by atoms with van der Waals surface area (Å²) in [5, 5.41) is 10.3. The molecule has 1 heterocycles. The van der Waals surface area contributed by atoms with Crippen molar-refractivity contribution in [2.24, 2.45) is 5.92 Å². The third kappa shape index (κ3) is 6.81. The molecule has 174 valence electrons. The van der Waals surface area contributed by atoms with Gasteiger partial charge in [-0.3, -0.25) is 0 Å². The van der Waals surface area contributed by atoms with Crippen molar-refractivity contribution in [3.8, 4) is 11.8 Å². The highest BCUT2D eigenvalue weighted by Gasteiger charge is 2.42. The van der Waals surface area contributed by atoms with Crippen LogP contribution in [0.5, 0.6) is 5.75 Å². The van der Waals surface area contributed by atoms with E-state index in [1.807, 2.05) is 42.5 Å². The average Bonchev–Trinajstić information content (AvgIpc) is 2.84. The van der Waals surface area contributed by atoms with Crippen LogP contribution in [0.2, 0.25) is 0 Å². The maximum absolute atomic E-state index is 11.9. The lowest BCUT2D eigenvalue weighted by Crippen LogP contribution is -2.44. The summed E-state index contributed by atoms with van der Waals surface area (Å²) in [4.78, 5) is 5.77. The van der Waals surface area contributed by atoms with Gasteiger partial charge in [0.05, 0.1) is 30.4 Å². The van der Waals surface area contributed by atoms with E-state index < -0.39 is 15.3 Å². The lowest BCUT2D eigenvalue weighted by Gasteiger charge is -2.41. The highest BCUT2D eigenvalue weighted by Crippen LogP contribution is 2.41. The van der Waals surface area contributed by atoms with E-state index in [-0.39, 0.29) is 11.7 Å². The number of nitriles is 1. The summed E-state index contributed by atoms with van der Waals surface area (Å²) in [7, 11) is -3.16. The van der Waals surface area contributed by atoms with E-state index in [9.17, 15) is 13.7 Å². The number of hydrogen-bond donors (Lipinski definition) is 0. The molecule has 3 rings (SSSR count). The minimum Gasteiger partial charge on any atom is -0.494 e. The number of benzene rings is 2. The fraction of sp³-hybridized carbons (Fsp3) is 0.462. The zero-order chi connectivity index (χ0) is 23.7. The van der Waals surface area contributed by atoms with Gasteiger partial charge in [0.1, 0.15) is 15.6 Å². The minimum atomic E-state index is -3.16. The van der Waals surface area contributed by atoms with Gasteiger partial charge in [-0.2, -0.15) is 5.26 Å². The predicted octanol–water partition coefficient (Wildman–Crippen LogP) is 4.61. The fourth-order valence-corrected chi connectivity index (χ4v) is 5.32. The quantitative estimate of drug-likeness (QED) is 0.378. The first-order valence-corrected chi connectivity index (χ1v) is 13.4. The smallest absolute Gasteiger partial charge is 0.187 e. The molecule has 0 aromatic heterocycles. The van der Waals surface area contributed by atoms with Crippen molar-refractivity contribution in [3.05, 3.63) is 71.6 Å². The number of hydrogen-bond acceptors (Lipinski definition) is 5. The van der Waals surface area contributed by atoms with Gasteiger partial charge >= 0.3 is 0 Å². The summed E-state index contributed by atoms with van der Waals surface area (Å²) in [5.41, 5.74) is 0.745. The first-order chi connectivity index (χ1) is 15.9. The molecule has 2 aromatic carbocycles. The van der Waals surface area contributed by atoms with Crippen molar-refractivity contribution in [2.75, 3.05) is 38.2 Å². The summed E-state index contributed by atoms with van der Waals surface area (Å²) in [6.45, 7) is 10.3. The number of piperidine rings is 1. The third-order valence-electron chi connectivity index (χ3n) is 6.49. The van der Waals surface area contributed by atoms with Crippen molar-refractivity contribution in [2.45, 2.75) is 31.1 Å². The molecule has 1 unspecified atom stereocenters. The molecule has 1 aliphatic rings. The van der Waals surface area contributed by atoms with Crippen LogP contribution in [0.3, 0.4) is 0 Å². The van der Waals surface area contributed by atoms with E-state index in [0.717, 1.165) is 50.2 Å². The maximum Gasteiger partial charge on any atom is 0.187 e. The first-order valence-electron chi connectivity index (χ1n) is 11.3. The van der Waals surface area contributed by atoms with E-state index in [2.05, 4.69) is 15.8 Å². The molecule has 0 N–H and O–H groups in total. The van der Waals surface area contributed by atoms with E-state index in [1.54, 1.807) is 12.1 Å². The lowest BCUT2D eigenvalue weighted by atomic mass is 9.66. The van der Waals surface area contributed by atoms with Gasteiger partial charge < -0.3 is 9.64 Å². The van der Waals surface area contributed by atoms with Gasteiger partial charge in [0, 0.05) is 12.8 Å². The van der Waals surface area contributed by atoms with Crippen LogP contribution in [0.4, 0.5) is 5.69 Å². The average molecular weight is 466 g/mol. The number of ether oxygens (including phenoxy) is 1. The third-order valence-corrected chi connectivity index (χ3v) is 7.44. The molecular formula is C26H31N3O3S. The zero-order valence-corrected chi connectivity index (χ0v) is 19.9. The topological polar surface area (TPSA) is 74.8 Å². The van der Waals surface area contributed by atoms with Crippen LogP contribution in [0.25, 0.3) is 4.85 Å². The SMILES string of the molecule is [C-]#[N+]c1ccc(OCCCN2CCC(C(C#N)(CCS(C)(=O)=O)c3ccccc3)CC2)cc1. The highest BCUT2D eigenvalue weighted by molar-refractivity contribution is 7.90. The van der Waals surface area contributed by atoms with E-state index in [1.165, 1.54) is 6.26 Å². The molecule has 0 aliphatic carbocycles. The fourth-order valence-electron chi connectivity index (χ4n) is 4.62. The number of rotatable bonds is 10. The monoisotopic (exact) mass is 465 g/mol. The molecule has 0 amide bonds. The largest absolute Gasteiger partial charge is 0.494 e. The Balaban J connectivity index is 1.55. The van der Waals surface area contributed by atoms with Crippen LogP contribution in [0.15, 0.2) is 54.6 Å². The highest BCUT2D eigenvalue weighted by atomic mass is 32.2.